The number of pyridine rings is 1. The molecule has 0 amide bonds. The molecule has 0 saturated carbocycles. The van der Waals surface area contributed by atoms with Crippen LogP contribution in [0.25, 0.3) is 10.9 Å². The van der Waals surface area contributed by atoms with Gasteiger partial charge < -0.3 is 5.32 Å². The van der Waals surface area contributed by atoms with Crippen molar-refractivity contribution in [3.63, 3.8) is 0 Å². The molecule has 9 nitrogen and oxygen atoms in total. The van der Waals surface area contributed by atoms with Crippen LogP contribution in [-0.4, -0.2) is 25.4 Å². The third kappa shape index (κ3) is 3.90. The molecule has 0 aliphatic rings. The molecular formula is C18H15N5O4S. The van der Waals surface area contributed by atoms with E-state index >= 15 is 0 Å². The summed E-state index contributed by atoms with van der Waals surface area (Å²) in [5, 5.41) is 23.8. The number of hydrogen-bond donors (Lipinski definition) is 2. The molecule has 0 saturated heterocycles. The molecule has 28 heavy (non-hydrogen) atoms. The zero-order chi connectivity index (χ0) is 20.3. The van der Waals surface area contributed by atoms with E-state index in [-0.39, 0.29) is 22.7 Å². The topological polar surface area (TPSA) is 138 Å². The first-order chi connectivity index (χ1) is 13.3. The zero-order valence-electron chi connectivity index (χ0n) is 14.7. The van der Waals surface area contributed by atoms with Gasteiger partial charge in [-0.25, -0.2) is 18.1 Å². The number of aromatic nitrogens is 1. The Balaban J connectivity index is 1.90. The smallest absolute Gasteiger partial charge is 0.270 e. The lowest BCUT2D eigenvalue weighted by atomic mass is 10.1. The minimum absolute atomic E-state index is 0.117. The summed E-state index contributed by atoms with van der Waals surface area (Å²) in [4.78, 5) is 14.9. The number of nitrogens with zero attached hydrogens (tertiary/aromatic N) is 3. The predicted molar refractivity (Wildman–Crippen MR) is 103 cm³/mol. The normalized spacial score (nSPS) is 11.1. The number of nitriles is 1. The van der Waals surface area contributed by atoms with Gasteiger partial charge in [0.1, 0.15) is 5.82 Å². The van der Waals surface area contributed by atoms with E-state index < -0.39 is 14.9 Å². The van der Waals surface area contributed by atoms with Crippen molar-refractivity contribution in [1.82, 2.24) is 9.71 Å². The van der Waals surface area contributed by atoms with E-state index in [2.05, 4.69) is 15.0 Å². The number of nitrogens with one attached hydrogen (secondary N) is 2. The van der Waals surface area contributed by atoms with Gasteiger partial charge >= 0.3 is 0 Å². The summed E-state index contributed by atoms with van der Waals surface area (Å²) in [6.45, 7) is 0.281. The lowest BCUT2D eigenvalue weighted by Gasteiger charge is -2.10. The summed E-state index contributed by atoms with van der Waals surface area (Å²) in [5.41, 5.74) is 1.29. The maximum atomic E-state index is 11.9. The van der Waals surface area contributed by atoms with Crippen LogP contribution < -0.4 is 10.0 Å². The van der Waals surface area contributed by atoms with E-state index in [1.807, 2.05) is 6.07 Å². The van der Waals surface area contributed by atoms with Crippen molar-refractivity contribution in [2.75, 3.05) is 12.4 Å². The highest BCUT2D eigenvalue weighted by Crippen LogP contribution is 2.25. The van der Waals surface area contributed by atoms with Crippen LogP contribution in [0.4, 0.5) is 11.5 Å². The number of non-ortho nitro benzene ring substituents is 1. The molecule has 2 N–H and O–H groups in total. The van der Waals surface area contributed by atoms with Crippen LogP contribution in [-0.2, 0) is 16.6 Å². The summed E-state index contributed by atoms with van der Waals surface area (Å²) in [7, 11) is -2.21. The molecule has 3 aromatic rings. The molecule has 3 rings (SSSR count). The average Bonchev–Trinajstić information content (AvgIpc) is 2.71. The van der Waals surface area contributed by atoms with Crippen LogP contribution in [0, 0.1) is 21.4 Å². The van der Waals surface area contributed by atoms with Crippen molar-refractivity contribution in [2.45, 2.75) is 11.4 Å². The van der Waals surface area contributed by atoms with Gasteiger partial charge in [-0.2, -0.15) is 5.26 Å². The second-order valence-electron chi connectivity index (χ2n) is 5.83. The number of hydrogen-bond acceptors (Lipinski definition) is 7. The Hall–Kier alpha value is -3.55. The van der Waals surface area contributed by atoms with E-state index in [0.29, 0.717) is 22.3 Å². The Morgan fingerprint density at radius 1 is 1.21 bits per heavy atom. The first kappa shape index (κ1) is 19.2. The number of nitro benzene ring substituents is 1. The third-order valence-electron chi connectivity index (χ3n) is 4.07. The molecule has 1 heterocycles. The van der Waals surface area contributed by atoms with E-state index in [4.69, 9.17) is 0 Å². The molecule has 142 valence electrons. The number of anilines is 1. The molecule has 0 aliphatic carbocycles. The maximum absolute atomic E-state index is 11.9. The van der Waals surface area contributed by atoms with E-state index in [9.17, 15) is 23.8 Å². The van der Waals surface area contributed by atoms with Crippen LogP contribution in [0.15, 0.2) is 53.4 Å². The molecule has 1 aromatic heterocycles. The van der Waals surface area contributed by atoms with Gasteiger partial charge in [-0.15, -0.1) is 0 Å². The minimum atomic E-state index is -3.55. The second kappa shape index (κ2) is 7.59. The predicted octanol–water partition coefficient (Wildman–Crippen LogP) is 2.53. The van der Waals surface area contributed by atoms with Gasteiger partial charge in [-0.1, -0.05) is 12.1 Å². The summed E-state index contributed by atoms with van der Waals surface area (Å²) < 4.78 is 26.1. The Morgan fingerprint density at radius 2 is 2.00 bits per heavy atom. The fourth-order valence-corrected chi connectivity index (χ4v) is 3.44. The molecule has 2 aromatic carbocycles. The quantitative estimate of drug-likeness (QED) is 0.481. The highest BCUT2D eigenvalue weighted by Gasteiger charge is 2.13. The molecule has 0 radical (unpaired) electrons. The molecule has 0 fully saturated rings. The average molecular weight is 397 g/mol. The lowest BCUT2D eigenvalue weighted by molar-refractivity contribution is -0.384. The Morgan fingerprint density at radius 3 is 2.68 bits per heavy atom. The number of fused-ring (bicyclic) bond motifs is 1. The number of rotatable bonds is 6. The number of benzene rings is 2. The van der Waals surface area contributed by atoms with Gasteiger partial charge in [0.05, 0.1) is 27.0 Å². The van der Waals surface area contributed by atoms with Crippen molar-refractivity contribution < 1.29 is 13.3 Å². The Labute approximate surface area is 160 Å². The van der Waals surface area contributed by atoms with Gasteiger partial charge in [0, 0.05) is 24.1 Å². The first-order valence-electron chi connectivity index (χ1n) is 8.10. The van der Waals surface area contributed by atoms with Crippen molar-refractivity contribution in [3.8, 4) is 6.07 Å². The molecule has 10 heteroatoms. The minimum Gasteiger partial charge on any atom is -0.366 e. The van der Waals surface area contributed by atoms with Gasteiger partial charge in [0.15, 0.2) is 0 Å². The largest absolute Gasteiger partial charge is 0.366 e. The summed E-state index contributed by atoms with van der Waals surface area (Å²) >= 11 is 0. The highest BCUT2D eigenvalue weighted by atomic mass is 32.2. The number of nitro groups is 1. The molecule has 0 unspecified atom stereocenters. The van der Waals surface area contributed by atoms with Gasteiger partial charge in [0.2, 0.25) is 10.0 Å². The van der Waals surface area contributed by atoms with Crippen LogP contribution in [0.5, 0.6) is 0 Å². The molecular weight excluding hydrogens is 382 g/mol. The SMILES string of the molecule is CNS(=O)(=O)c1cccc(CNc2cc(C#N)c3cc([N+](=O)[O-])ccc3n2)c1. The van der Waals surface area contributed by atoms with Crippen LogP contribution in [0.3, 0.4) is 0 Å². The van der Waals surface area contributed by atoms with Crippen LogP contribution >= 0.6 is 0 Å². The maximum Gasteiger partial charge on any atom is 0.270 e. The van der Waals surface area contributed by atoms with Crippen molar-refractivity contribution in [2.24, 2.45) is 0 Å². The van der Waals surface area contributed by atoms with Gasteiger partial charge in [-0.3, -0.25) is 10.1 Å². The lowest BCUT2D eigenvalue weighted by Crippen LogP contribution is -2.18. The zero-order valence-corrected chi connectivity index (χ0v) is 15.5. The Bertz CT molecular complexity index is 1220. The highest BCUT2D eigenvalue weighted by molar-refractivity contribution is 7.89. The Kier molecular flexibility index (Phi) is 5.21. The fraction of sp³-hybridized carbons (Fsp3) is 0.111. The third-order valence-corrected chi connectivity index (χ3v) is 5.49. The molecule has 0 aliphatic heterocycles. The monoisotopic (exact) mass is 397 g/mol. The van der Waals surface area contributed by atoms with E-state index in [1.165, 1.54) is 43.4 Å². The fourth-order valence-electron chi connectivity index (χ4n) is 2.64. The first-order valence-corrected chi connectivity index (χ1v) is 9.58. The van der Waals surface area contributed by atoms with Crippen LogP contribution in [0.2, 0.25) is 0 Å². The second-order valence-corrected chi connectivity index (χ2v) is 7.72. The van der Waals surface area contributed by atoms with Crippen LogP contribution in [0.1, 0.15) is 11.1 Å². The summed E-state index contributed by atoms with van der Waals surface area (Å²) in [6.07, 6.45) is 0. The van der Waals surface area contributed by atoms with Gasteiger partial charge in [-0.05, 0) is 36.9 Å². The van der Waals surface area contributed by atoms with Crippen molar-refractivity contribution in [1.29, 1.82) is 5.26 Å². The standard InChI is InChI=1S/C18H15N5O4S/c1-20-28(26,27)15-4-2-3-12(7-15)11-21-18-8-13(10-19)16-9-14(23(24)25)5-6-17(16)22-18/h2-9,20H,11H2,1H3,(H,21,22). The van der Waals surface area contributed by atoms with E-state index in [1.54, 1.807) is 12.1 Å². The molecule has 0 atom stereocenters. The van der Waals surface area contributed by atoms with Gasteiger partial charge in [0.25, 0.3) is 5.69 Å². The summed E-state index contributed by atoms with van der Waals surface area (Å²) in [5.74, 6) is 0.403. The summed E-state index contributed by atoms with van der Waals surface area (Å²) in [6, 6.07) is 14.1. The molecule has 0 bridgehead atoms. The molecule has 0 spiro atoms. The number of sulfonamides is 1. The van der Waals surface area contributed by atoms with Crippen molar-refractivity contribution >= 4 is 32.4 Å². The van der Waals surface area contributed by atoms with E-state index in [0.717, 1.165) is 0 Å². The van der Waals surface area contributed by atoms with Crippen molar-refractivity contribution in [3.05, 3.63) is 69.8 Å².